The first-order valence-corrected chi connectivity index (χ1v) is 6.58. The van der Waals surface area contributed by atoms with Crippen LogP contribution >= 0.6 is 12.2 Å². The van der Waals surface area contributed by atoms with Gasteiger partial charge in [0.2, 0.25) is 0 Å². The number of hydrogen-bond donors (Lipinski definition) is 2. The Kier molecular flexibility index (Phi) is 4.70. The molecule has 2 rings (SSSR count). The molecule has 0 saturated carbocycles. The third-order valence-electron chi connectivity index (χ3n) is 2.96. The van der Waals surface area contributed by atoms with Gasteiger partial charge in [-0.2, -0.15) is 0 Å². The third-order valence-corrected chi connectivity index (χ3v) is 3.18. The number of ether oxygens (including phenoxy) is 1. The molecule has 21 heavy (non-hydrogen) atoms. The Labute approximate surface area is 126 Å². The van der Waals surface area contributed by atoms with Gasteiger partial charge in [0, 0.05) is 12.1 Å². The maximum Gasteiger partial charge on any atom is 0.182 e. The maximum absolute atomic E-state index is 13.9. The summed E-state index contributed by atoms with van der Waals surface area (Å²) in [6, 6.07) is 10.1. The molecule has 110 valence electrons. The summed E-state index contributed by atoms with van der Waals surface area (Å²) >= 11 is 4.66. The molecule has 0 aliphatic carbocycles. The zero-order valence-corrected chi connectivity index (χ0v) is 12.1. The van der Waals surface area contributed by atoms with Crippen molar-refractivity contribution in [2.24, 2.45) is 5.73 Å². The zero-order chi connectivity index (χ0) is 15.4. The lowest BCUT2D eigenvalue weighted by Crippen LogP contribution is -2.14. The number of anilines is 1. The second-order valence-corrected chi connectivity index (χ2v) is 4.80. The molecule has 0 aromatic heterocycles. The van der Waals surface area contributed by atoms with Gasteiger partial charge in [0.1, 0.15) is 10.7 Å². The Bertz CT molecular complexity index is 677. The third kappa shape index (κ3) is 3.46. The molecule has 0 atom stereocenters. The van der Waals surface area contributed by atoms with Crippen LogP contribution in [0.2, 0.25) is 0 Å². The molecule has 0 radical (unpaired) electrons. The fraction of sp³-hybridized carbons (Fsp3) is 0.133. The van der Waals surface area contributed by atoms with Gasteiger partial charge < -0.3 is 15.8 Å². The minimum Gasteiger partial charge on any atom is -0.497 e. The fourth-order valence-corrected chi connectivity index (χ4v) is 2.01. The molecule has 2 aromatic rings. The molecule has 0 aliphatic heterocycles. The average molecular weight is 308 g/mol. The van der Waals surface area contributed by atoms with E-state index in [-0.39, 0.29) is 16.2 Å². The molecule has 0 fully saturated rings. The van der Waals surface area contributed by atoms with Crippen LogP contribution in [0, 0.1) is 11.6 Å². The zero-order valence-electron chi connectivity index (χ0n) is 11.3. The van der Waals surface area contributed by atoms with Gasteiger partial charge in [0.05, 0.1) is 12.8 Å². The molecule has 0 amide bonds. The second-order valence-electron chi connectivity index (χ2n) is 4.36. The molecule has 6 heteroatoms. The SMILES string of the molecule is COc1cccc(CNc2ccc(C(N)=S)c(F)c2F)c1. The monoisotopic (exact) mass is 308 g/mol. The highest BCUT2D eigenvalue weighted by molar-refractivity contribution is 7.80. The molecular weight excluding hydrogens is 294 g/mol. The summed E-state index contributed by atoms with van der Waals surface area (Å²) in [5.41, 5.74) is 6.15. The highest BCUT2D eigenvalue weighted by Crippen LogP contribution is 2.22. The van der Waals surface area contributed by atoms with Crippen LogP contribution in [-0.4, -0.2) is 12.1 Å². The molecular formula is C15H14F2N2OS. The van der Waals surface area contributed by atoms with E-state index in [1.165, 1.54) is 12.1 Å². The van der Waals surface area contributed by atoms with E-state index in [1.807, 2.05) is 18.2 Å². The van der Waals surface area contributed by atoms with Crippen molar-refractivity contribution in [1.29, 1.82) is 0 Å². The molecule has 0 spiro atoms. The van der Waals surface area contributed by atoms with E-state index in [1.54, 1.807) is 13.2 Å². The molecule has 3 N–H and O–H groups in total. The summed E-state index contributed by atoms with van der Waals surface area (Å²) in [5.74, 6) is -1.34. The lowest BCUT2D eigenvalue weighted by molar-refractivity contribution is 0.414. The normalized spacial score (nSPS) is 10.2. The van der Waals surface area contributed by atoms with E-state index in [0.29, 0.717) is 12.3 Å². The van der Waals surface area contributed by atoms with E-state index in [2.05, 4.69) is 17.5 Å². The number of benzene rings is 2. The van der Waals surface area contributed by atoms with Crippen molar-refractivity contribution in [2.45, 2.75) is 6.54 Å². The number of rotatable bonds is 5. The Morgan fingerprint density at radius 1 is 1.24 bits per heavy atom. The topological polar surface area (TPSA) is 47.3 Å². The van der Waals surface area contributed by atoms with E-state index in [0.717, 1.165) is 5.56 Å². The molecule has 0 aliphatic rings. The number of thiocarbonyl (C=S) groups is 1. The van der Waals surface area contributed by atoms with Crippen LogP contribution < -0.4 is 15.8 Å². The first-order chi connectivity index (χ1) is 10.0. The Balaban J connectivity index is 2.17. The van der Waals surface area contributed by atoms with E-state index < -0.39 is 11.6 Å². The molecule has 0 bridgehead atoms. The summed E-state index contributed by atoms with van der Waals surface area (Å²) in [4.78, 5) is -0.175. The number of nitrogens with two attached hydrogens (primary N) is 1. The van der Waals surface area contributed by atoms with Crippen LogP contribution in [-0.2, 0) is 6.54 Å². The standard InChI is InChI=1S/C15H14F2N2OS/c1-20-10-4-2-3-9(7-10)8-19-12-6-5-11(15(18)21)13(16)14(12)17/h2-7,19H,8H2,1H3,(H2,18,21). The van der Waals surface area contributed by atoms with Crippen LogP contribution in [0.4, 0.5) is 14.5 Å². The van der Waals surface area contributed by atoms with Crippen molar-refractivity contribution < 1.29 is 13.5 Å². The van der Waals surface area contributed by atoms with Crippen molar-refractivity contribution in [3.8, 4) is 5.75 Å². The van der Waals surface area contributed by atoms with Gasteiger partial charge in [-0.3, -0.25) is 0 Å². The van der Waals surface area contributed by atoms with Gasteiger partial charge in [-0.15, -0.1) is 0 Å². The first kappa shape index (κ1) is 15.2. The minimum absolute atomic E-state index is 0.0512. The second kappa shape index (κ2) is 6.49. The molecule has 2 aromatic carbocycles. The van der Waals surface area contributed by atoms with Gasteiger partial charge >= 0.3 is 0 Å². The van der Waals surface area contributed by atoms with Crippen molar-refractivity contribution >= 4 is 22.9 Å². The predicted molar refractivity (Wildman–Crippen MR) is 82.6 cm³/mol. The molecule has 0 unspecified atom stereocenters. The van der Waals surface area contributed by atoms with Gasteiger partial charge in [-0.25, -0.2) is 8.78 Å². The van der Waals surface area contributed by atoms with Gasteiger partial charge in [-0.05, 0) is 29.8 Å². The number of hydrogen-bond acceptors (Lipinski definition) is 3. The lowest BCUT2D eigenvalue weighted by atomic mass is 10.1. The van der Waals surface area contributed by atoms with E-state index in [4.69, 9.17) is 10.5 Å². The molecule has 3 nitrogen and oxygen atoms in total. The average Bonchev–Trinajstić information content (AvgIpc) is 2.48. The van der Waals surface area contributed by atoms with Crippen LogP contribution in [0.5, 0.6) is 5.75 Å². The lowest BCUT2D eigenvalue weighted by Gasteiger charge is -2.11. The summed E-state index contributed by atoms with van der Waals surface area (Å²) in [5, 5.41) is 2.83. The number of methoxy groups -OCH3 is 1. The highest BCUT2D eigenvalue weighted by Gasteiger charge is 2.14. The molecule has 0 heterocycles. The van der Waals surface area contributed by atoms with E-state index >= 15 is 0 Å². The summed E-state index contributed by atoms with van der Waals surface area (Å²) in [6.45, 7) is 0.333. The maximum atomic E-state index is 13.9. The fourth-order valence-electron chi connectivity index (χ4n) is 1.86. The van der Waals surface area contributed by atoms with Gasteiger partial charge in [0.15, 0.2) is 11.6 Å². The van der Waals surface area contributed by atoms with Gasteiger partial charge in [-0.1, -0.05) is 24.4 Å². The van der Waals surface area contributed by atoms with Crippen LogP contribution in [0.25, 0.3) is 0 Å². The largest absolute Gasteiger partial charge is 0.497 e. The number of halogens is 2. The van der Waals surface area contributed by atoms with Crippen LogP contribution in [0.15, 0.2) is 36.4 Å². The van der Waals surface area contributed by atoms with Gasteiger partial charge in [0.25, 0.3) is 0 Å². The summed E-state index contributed by atoms with van der Waals surface area (Å²) < 4.78 is 32.7. The van der Waals surface area contributed by atoms with Crippen molar-refractivity contribution in [1.82, 2.24) is 0 Å². The van der Waals surface area contributed by atoms with Crippen LogP contribution in [0.3, 0.4) is 0 Å². The van der Waals surface area contributed by atoms with Crippen molar-refractivity contribution in [3.63, 3.8) is 0 Å². The molecule has 0 saturated heterocycles. The highest BCUT2D eigenvalue weighted by atomic mass is 32.1. The Morgan fingerprint density at radius 3 is 2.67 bits per heavy atom. The Hall–Kier alpha value is -2.21. The Morgan fingerprint density at radius 2 is 2.00 bits per heavy atom. The minimum atomic E-state index is -1.04. The number of nitrogens with one attached hydrogen (secondary N) is 1. The van der Waals surface area contributed by atoms with E-state index in [9.17, 15) is 8.78 Å². The quantitative estimate of drug-likeness (QED) is 0.833. The van der Waals surface area contributed by atoms with Crippen LogP contribution in [0.1, 0.15) is 11.1 Å². The predicted octanol–water partition coefficient (Wildman–Crippen LogP) is 3.22. The smallest absolute Gasteiger partial charge is 0.182 e. The first-order valence-electron chi connectivity index (χ1n) is 6.17. The van der Waals surface area contributed by atoms with Crippen molar-refractivity contribution in [2.75, 3.05) is 12.4 Å². The van der Waals surface area contributed by atoms with Crippen molar-refractivity contribution in [3.05, 3.63) is 59.2 Å². The summed E-state index contributed by atoms with van der Waals surface area (Å²) in [7, 11) is 1.57. The summed E-state index contributed by atoms with van der Waals surface area (Å²) in [6.07, 6.45) is 0.